The van der Waals surface area contributed by atoms with Crippen molar-refractivity contribution in [2.45, 2.75) is 59.4 Å². The van der Waals surface area contributed by atoms with Crippen LogP contribution in [0.1, 0.15) is 52.8 Å². The van der Waals surface area contributed by atoms with Crippen LogP contribution in [0, 0.1) is 12.8 Å². The van der Waals surface area contributed by atoms with Crippen molar-refractivity contribution in [3.63, 3.8) is 0 Å². The van der Waals surface area contributed by atoms with Gasteiger partial charge in [0.05, 0.1) is 13.0 Å². The number of nitrogens with zero attached hydrogens (tertiary/aromatic N) is 8. The molecular formula is C29H37N11O5. The summed E-state index contributed by atoms with van der Waals surface area (Å²) in [6.45, 7) is 10.2. The summed E-state index contributed by atoms with van der Waals surface area (Å²) in [7, 11) is 0. The van der Waals surface area contributed by atoms with E-state index in [1.54, 1.807) is 13.8 Å². The molecule has 16 nitrogen and oxygen atoms in total. The molecule has 0 aliphatic carbocycles. The molecule has 1 atom stereocenters. The predicted molar refractivity (Wildman–Crippen MR) is 166 cm³/mol. The zero-order valence-corrected chi connectivity index (χ0v) is 25.9. The van der Waals surface area contributed by atoms with Crippen molar-refractivity contribution in [1.82, 2.24) is 29.7 Å². The van der Waals surface area contributed by atoms with E-state index in [4.69, 9.17) is 9.15 Å². The molecule has 0 saturated heterocycles. The number of aromatic nitrogens is 6. The smallest absolute Gasteiger partial charge is 0.325 e. The fraction of sp³-hybridized carbons (Fsp3) is 0.448. The molecule has 0 aliphatic heterocycles. The van der Waals surface area contributed by atoms with Gasteiger partial charge in [-0.05, 0) is 46.2 Å². The van der Waals surface area contributed by atoms with Crippen molar-refractivity contribution < 1.29 is 23.5 Å². The molecule has 1 aromatic carbocycles. The second kappa shape index (κ2) is 14.9. The number of esters is 1. The van der Waals surface area contributed by atoms with Gasteiger partial charge in [-0.1, -0.05) is 19.1 Å². The van der Waals surface area contributed by atoms with Crippen LogP contribution < -0.4 is 16.0 Å². The Morgan fingerprint density at radius 2 is 1.84 bits per heavy atom. The number of fused-ring (bicyclic) bond motifs is 1. The molecule has 45 heavy (non-hydrogen) atoms. The molecule has 3 N–H and O–H groups in total. The second-order valence-corrected chi connectivity index (χ2v) is 11.2. The molecule has 4 rings (SSSR count). The fourth-order valence-electron chi connectivity index (χ4n) is 3.92. The van der Waals surface area contributed by atoms with Crippen LogP contribution in [-0.2, 0) is 19.1 Å². The van der Waals surface area contributed by atoms with Crippen LogP contribution in [-0.4, -0.2) is 73.5 Å². The number of ether oxygens (including phenoxy) is 1. The van der Waals surface area contributed by atoms with E-state index in [1.807, 2.05) is 45.0 Å². The number of hydrogen-bond donors (Lipinski definition) is 3. The lowest BCUT2D eigenvalue weighted by Crippen LogP contribution is -2.27. The number of para-hydroxylation sites is 2. The number of azo groups is 1. The lowest BCUT2D eigenvalue weighted by molar-refractivity contribution is -0.145. The lowest BCUT2D eigenvalue weighted by Gasteiger charge is -2.23. The molecule has 3 heterocycles. The van der Waals surface area contributed by atoms with Crippen molar-refractivity contribution in [2.75, 3.05) is 35.6 Å². The summed E-state index contributed by atoms with van der Waals surface area (Å²) >= 11 is 0. The van der Waals surface area contributed by atoms with Crippen LogP contribution in [0.5, 0.6) is 0 Å². The van der Waals surface area contributed by atoms with E-state index < -0.39 is 17.4 Å². The van der Waals surface area contributed by atoms with E-state index in [0.29, 0.717) is 53.8 Å². The molecule has 0 fully saturated rings. The molecule has 3 aromatic heterocycles. The van der Waals surface area contributed by atoms with Gasteiger partial charge >= 0.3 is 12.0 Å². The van der Waals surface area contributed by atoms with Gasteiger partial charge in [0.2, 0.25) is 5.95 Å². The van der Waals surface area contributed by atoms with Gasteiger partial charge < -0.3 is 34.7 Å². The first-order chi connectivity index (χ1) is 21.6. The summed E-state index contributed by atoms with van der Waals surface area (Å²) in [5.41, 5.74) is 1.18. The van der Waals surface area contributed by atoms with Crippen molar-refractivity contribution >= 4 is 58.9 Å². The van der Waals surface area contributed by atoms with Crippen LogP contribution >= 0.6 is 0 Å². The van der Waals surface area contributed by atoms with Gasteiger partial charge in [-0.15, -0.1) is 15.3 Å². The van der Waals surface area contributed by atoms with E-state index in [9.17, 15) is 14.4 Å². The van der Waals surface area contributed by atoms with Crippen LogP contribution in [0.4, 0.5) is 29.2 Å². The Kier molecular flexibility index (Phi) is 10.8. The number of rotatable bonds is 16. The van der Waals surface area contributed by atoms with Crippen LogP contribution in [0.2, 0.25) is 0 Å². The third kappa shape index (κ3) is 9.35. The maximum absolute atomic E-state index is 11.9. The van der Waals surface area contributed by atoms with Gasteiger partial charge in [-0.3, -0.25) is 4.79 Å². The largest absolute Gasteiger partial charge is 0.466 e. The molecule has 0 aliphatic rings. The highest BCUT2D eigenvalue weighted by molar-refractivity contribution is 5.76. The average Bonchev–Trinajstić information content (AvgIpc) is 3.58. The number of carbonyl (C=O) groups excluding carboxylic acids is 3. The molecule has 1 unspecified atom stereocenters. The highest BCUT2D eigenvalue weighted by Crippen LogP contribution is 2.35. The Labute approximate surface area is 259 Å². The Morgan fingerprint density at radius 3 is 2.58 bits per heavy atom. The summed E-state index contributed by atoms with van der Waals surface area (Å²) in [6.07, 6.45) is 2.27. The van der Waals surface area contributed by atoms with Crippen LogP contribution in [0.3, 0.4) is 0 Å². The first kappa shape index (κ1) is 32.6. The minimum absolute atomic E-state index is 0.0285. The summed E-state index contributed by atoms with van der Waals surface area (Å²) in [5.74, 6) is 0.699. The highest BCUT2D eigenvalue weighted by Gasteiger charge is 2.21. The van der Waals surface area contributed by atoms with Crippen molar-refractivity contribution in [2.24, 2.45) is 16.1 Å². The van der Waals surface area contributed by atoms with Gasteiger partial charge in [0.1, 0.15) is 23.9 Å². The number of aldehydes is 2. The van der Waals surface area contributed by atoms with Crippen LogP contribution in [0.25, 0.3) is 17.1 Å². The normalized spacial score (nSPS) is 12.3. The molecule has 0 saturated carbocycles. The molecule has 0 bridgehead atoms. The fourth-order valence-corrected chi connectivity index (χ4v) is 3.92. The zero-order valence-electron chi connectivity index (χ0n) is 25.9. The predicted octanol–water partition coefficient (Wildman–Crippen LogP) is 4.70. The van der Waals surface area contributed by atoms with Gasteiger partial charge in [0.25, 0.3) is 5.95 Å². The molecular weight excluding hydrogens is 582 g/mol. The molecule has 0 radical (unpaired) electrons. The summed E-state index contributed by atoms with van der Waals surface area (Å²) in [5, 5.41) is 22.7. The molecule has 0 amide bonds. The number of benzene rings is 1. The standard InChI is InChI=1S/C29H37N11O5/c1-18(17-42)16-22(43)44-15-9-13-30-24-23(25(36-29(3,4)5)35-26(34-24)31-12-8-14-41)37-38-27-32-19(2)40(39-27)28-33-20-10-6-7-11-21(20)45-28/h6-7,10-11,14,17-18H,8-9,12-13,15-16H2,1-5H3,(H3,30,31,34,35,36). The maximum atomic E-state index is 11.9. The summed E-state index contributed by atoms with van der Waals surface area (Å²) in [6, 6.07) is 7.62. The lowest BCUT2D eigenvalue weighted by atomic mass is 10.1. The number of nitrogens with one attached hydrogen (secondary N) is 3. The molecule has 0 spiro atoms. The molecule has 238 valence electrons. The van der Waals surface area contributed by atoms with E-state index in [-0.39, 0.29) is 37.4 Å². The third-order valence-corrected chi connectivity index (χ3v) is 5.98. The Bertz CT molecular complexity index is 1630. The number of aryl methyl sites for hydroxylation is 1. The number of anilines is 3. The monoisotopic (exact) mass is 619 g/mol. The second-order valence-electron chi connectivity index (χ2n) is 11.2. The van der Waals surface area contributed by atoms with Crippen molar-refractivity contribution in [1.29, 1.82) is 0 Å². The summed E-state index contributed by atoms with van der Waals surface area (Å²) < 4.78 is 12.5. The van der Waals surface area contributed by atoms with Gasteiger partial charge in [0, 0.05) is 31.0 Å². The SMILES string of the molecule is Cc1nc(N=Nc2c(NCCCOC(=O)CC(C)C=O)nc(NCCC=O)nc2NC(C)(C)C)nn1-c1nc2ccccc2o1. The summed E-state index contributed by atoms with van der Waals surface area (Å²) in [4.78, 5) is 51.6. The van der Waals surface area contributed by atoms with Crippen LogP contribution in [0.15, 0.2) is 38.9 Å². The van der Waals surface area contributed by atoms with Crippen molar-refractivity contribution in [3.8, 4) is 6.01 Å². The van der Waals surface area contributed by atoms with Crippen molar-refractivity contribution in [3.05, 3.63) is 30.1 Å². The minimum atomic E-state index is -0.440. The van der Waals surface area contributed by atoms with Gasteiger partial charge in [-0.2, -0.15) is 24.6 Å². The van der Waals surface area contributed by atoms with E-state index in [2.05, 4.69) is 51.2 Å². The topological polar surface area (TPSA) is 204 Å². The number of carbonyl (C=O) groups is 3. The van der Waals surface area contributed by atoms with Gasteiger partial charge in [-0.25, -0.2) is 0 Å². The minimum Gasteiger partial charge on any atom is -0.466 e. The zero-order chi connectivity index (χ0) is 32.4. The highest BCUT2D eigenvalue weighted by atomic mass is 16.5. The Balaban J connectivity index is 1.60. The quantitative estimate of drug-likeness (QED) is 0.0674. The van der Waals surface area contributed by atoms with Gasteiger partial charge in [0.15, 0.2) is 22.9 Å². The number of oxazole rings is 1. The number of hydrogen-bond acceptors (Lipinski definition) is 15. The molecule has 16 heteroatoms. The maximum Gasteiger partial charge on any atom is 0.325 e. The first-order valence-corrected chi connectivity index (χ1v) is 14.5. The molecule has 4 aromatic rings. The average molecular weight is 620 g/mol. The van der Waals surface area contributed by atoms with E-state index in [1.165, 1.54) is 4.68 Å². The first-order valence-electron chi connectivity index (χ1n) is 14.5. The van der Waals surface area contributed by atoms with E-state index in [0.717, 1.165) is 12.6 Å². The Hall–Kier alpha value is -5.28. The Morgan fingerprint density at radius 1 is 1.07 bits per heavy atom. The van der Waals surface area contributed by atoms with E-state index >= 15 is 0 Å². The third-order valence-electron chi connectivity index (χ3n) is 5.98.